The maximum absolute atomic E-state index is 10.1. The average molecular weight is 371 g/mol. The van der Waals surface area contributed by atoms with Gasteiger partial charge in [0.25, 0.3) is 0 Å². The molecule has 4 heteroatoms. The molecule has 0 bridgehead atoms. The highest BCUT2D eigenvalue weighted by Crippen LogP contribution is 2.39. The first-order chi connectivity index (χ1) is 12.6. The second kappa shape index (κ2) is 7.13. The van der Waals surface area contributed by atoms with E-state index in [2.05, 4.69) is 52.9 Å². The SMILES string of the molecule is C=C1C(Cl)=C(N2CCC(CO)(c3ccccc3)CC2)C=CN1CC1CC1. The van der Waals surface area contributed by atoms with Crippen molar-refractivity contribution in [2.45, 2.75) is 31.1 Å². The summed E-state index contributed by atoms with van der Waals surface area (Å²) in [6.45, 7) is 7.21. The van der Waals surface area contributed by atoms with Crippen LogP contribution in [0.1, 0.15) is 31.2 Å². The van der Waals surface area contributed by atoms with Gasteiger partial charge in [-0.2, -0.15) is 0 Å². The fourth-order valence-electron chi connectivity index (χ4n) is 4.10. The molecule has 3 nitrogen and oxygen atoms in total. The number of hydrogen-bond acceptors (Lipinski definition) is 3. The maximum atomic E-state index is 10.1. The summed E-state index contributed by atoms with van der Waals surface area (Å²) in [5.74, 6) is 0.799. The highest BCUT2D eigenvalue weighted by atomic mass is 35.5. The van der Waals surface area contributed by atoms with E-state index in [9.17, 15) is 5.11 Å². The molecule has 1 aromatic carbocycles. The van der Waals surface area contributed by atoms with Crippen LogP contribution in [0.5, 0.6) is 0 Å². The maximum Gasteiger partial charge on any atom is 0.0870 e. The van der Waals surface area contributed by atoms with E-state index in [4.69, 9.17) is 11.6 Å². The van der Waals surface area contributed by atoms with Crippen molar-refractivity contribution >= 4 is 11.6 Å². The van der Waals surface area contributed by atoms with Gasteiger partial charge in [0.15, 0.2) is 0 Å². The first-order valence-corrected chi connectivity index (χ1v) is 9.96. The monoisotopic (exact) mass is 370 g/mol. The molecule has 1 aliphatic carbocycles. The van der Waals surface area contributed by atoms with Crippen molar-refractivity contribution < 1.29 is 5.11 Å². The van der Waals surface area contributed by atoms with Crippen molar-refractivity contribution in [3.63, 3.8) is 0 Å². The van der Waals surface area contributed by atoms with E-state index in [1.54, 1.807) is 0 Å². The molecule has 1 saturated carbocycles. The lowest BCUT2D eigenvalue weighted by molar-refractivity contribution is 0.118. The average Bonchev–Trinajstić information content (AvgIpc) is 3.51. The minimum atomic E-state index is -0.141. The molecule has 0 unspecified atom stereocenters. The number of benzene rings is 1. The molecule has 2 aliphatic heterocycles. The van der Waals surface area contributed by atoms with Gasteiger partial charge in [-0.3, -0.25) is 0 Å². The molecule has 0 radical (unpaired) electrons. The van der Waals surface area contributed by atoms with Gasteiger partial charge in [-0.15, -0.1) is 0 Å². The van der Waals surface area contributed by atoms with Crippen molar-refractivity contribution in [2.75, 3.05) is 26.2 Å². The van der Waals surface area contributed by atoms with E-state index in [-0.39, 0.29) is 12.0 Å². The van der Waals surface area contributed by atoms with Gasteiger partial charge in [-0.05, 0) is 43.2 Å². The van der Waals surface area contributed by atoms with Crippen molar-refractivity contribution in [3.05, 3.63) is 71.2 Å². The van der Waals surface area contributed by atoms with Crippen LogP contribution in [-0.4, -0.2) is 41.1 Å². The Morgan fingerprint density at radius 2 is 1.85 bits per heavy atom. The predicted octanol–water partition coefficient (Wildman–Crippen LogP) is 4.22. The zero-order valence-electron chi connectivity index (χ0n) is 15.2. The predicted molar refractivity (Wildman–Crippen MR) is 107 cm³/mol. The molecule has 0 amide bonds. The number of piperidine rings is 1. The van der Waals surface area contributed by atoms with E-state index in [0.717, 1.165) is 54.8 Å². The number of nitrogens with zero attached hydrogens (tertiary/aromatic N) is 2. The van der Waals surface area contributed by atoms with E-state index >= 15 is 0 Å². The second-order valence-corrected chi connectivity index (χ2v) is 8.23. The lowest BCUT2D eigenvalue weighted by atomic mass is 9.73. The first-order valence-electron chi connectivity index (χ1n) is 9.58. The molecular formula is C22H27ClN2O. The Hall–Kier alpha value is -1.71. The largest absolute Gasteiger partial charge is 0.395 e. The molecule has 1 saturated heterocycles. The third kappa shape index (κ3) is 3.30. The van der Waals surface area contributed by atoms with Crippen LogP contribution in [0, 0.1) is 5.92 Å². The fraction of sp³-hybridized carbons (Fsp3) is 0.455. The minimum absolute atomic E-state index is 0.141. The van der Waals surface area contributed by atoms with E-state index in [0.29, 0.717) is 0 Å². The quantitative estimate of drug-likeness (QED) is 0.840. The van der Waals surface area contributed by atoms with Gasteiger partial charge in [0.2, 0.25) is 0 Å². The van der Waals surface area contributed by atoms with Gasteiger partial charge < -0.3 is 14.9 Å². The Bertz CT molecular complexity index is 728. The third-order valence-corrected chi connectivity index (χ3v) is 6.55. The zero-order chi connectivity index (χ0) is 18.1. The van der Waals surface area contributed by atoms with Crippen molar-refractivity contribution in [1.29, 1.82) is 0 Å². The lowest BCUT2D eigenvalue weighted by Crippen LogP contribution is -2.44. The Labute approximate surface area is 161 Å². The van der Waals surface area contributed by atoms with Crippen molar-refractivity contribution in [3.8, 4) is 0 Å². The van der Waals surface area contributed by atoms with Gasteiger partial charge >= 0.3 is 0 Å². The topological polar surface area (TPSA) is 26.7 Å². The summed E-state index contributed by atoms with van der Waals surface area (Å²) in [5, 5.41) is 10.9. The molecule has 2 heterocycles. The fourth-order valence-corrected chi connectivity index (χ4v) is 4.39. The van der Waals surface area contributed by atoms with Crippen LogP contribution < -0.4 is 0 Å². The number of aliphatic hydroxyl groups excluding tert-OH is 1. The van der Waals surface area contributed by atoms with Crippen LogP contribution in [0.4, 0.5) is 0 Å². The van der Waals surface area contributed by atoms with Crippen molar-refractivity contribution in [2.24, 2.45) is 5.92 Å². The Kier molecular flexibility index (Phi) is 4.85. The van der Waals surface area contributed by atoms with Gasteiger partial charge in [-0.25, -0.2) is 0 Å². The van der Waals surface area contributed by atoms with E-state index < -0.39 is 0 Å². The van der Waals surface area contributed by atoms with E-state index in [1.807, 2.05) is 6.07 Å². The van der Waals surface area contributed by atoms with Gasteiger partial charge in [0, 0.05) is 31.2 Å². The Morgan fingerprint density at radius 3 is 2.46 bits per heavy atom. The standard InChI is InChI=1S/C22H27ClN2O/c1-17-21(23)20(9-12-25(17)15-18-7-8-18)24-13-10-22(16-26,11-14-24)19-5-3-2-4-6-19/h2-6,9,12,18,26H,1,7-8,10-11,13-16H2. The Balaban J connectivity index is 1.47. The normalized spacial score (nSPS) is 22.9. The van der Waals surface area contributed by atoms with Crippen LogP contribution in [0.25, 0.3) is 0 Å². The molecule has 4 rings (SSSR count). The van der Waals surface area contributed by atoms with Crippen LogP contribution in [0.3, 0.4) is 0 Å². The number of aliphatic hydroxyl groups is 1. The number of likely N-dealkylation sites (tertiary alicyclic amines) is 1. The molecule has 0 atom stereocenters. The highest BCUT2D eigenvalue weighted by Gasteiger charge is 2.37. The first kappa shape index (κ1) is 17.7. The minimum Gasteiger partial charge on any atom is -0.395 e. The summed E-state index contributed by atoms with van der Waals surface area (Å²) in [6, 6.07) is 10.4. The molecular weight excluding hydrogens is 344 g/mol. The second-order valence-electron chi connectivity index (χ2n) is 7.85. The summed E-state index contributed by atoms with van der Waals surface area (Å²) in [6.07, 6.45) is 8.75. The summed E-state index contributed by atoms with van der Waals surface area (Å²) >= 11 is 6.68. The molecule has 138 valence electrons. The Morgan fingerprint density at radius 1 is 1.15 bits per heavy atom. The smallest absolute Gasteiger partial charge is 0.0870 e. The molecule has 26 heavy (non-hydrogen) atoms. The number of hydrogen-bond donors (Lipinski definition) is 1. The molecule has 2 fully saturated rings. The summed E-state index contributed by atoms with van der Waals surface area (Å²) in [5.41, 5.74) is 3.08. The van der Waals surface area contributed by atoms with Crippen LogP contribution >= 0.6 is 11.6 Å². The molecule has 1 N–H and O–H groups in total. The highest BCUT2D eigenvalue weighted by molar-refractivity contribution is 6.32. The lowest BCUT2D eigenvalue weighted by Gasteiger charge is -2.43. The van der Waals surface area contributed by atoms with Gasteiger partial charge in [0.05, 0.1) is 23.0 Å². The summed E-state index contributed by atoms with van der Waals surface area (Å²) in [4.78, 5) is 4.53. The van der Waals surface area contributed by atoms with Gasteiger partial charge in [0.1, 0.15) is 0 Å². The van der Waals surface area contributed by atoms with Crippen LogP contribution in [0.2, 0.25) is 0 Å². The van der Waals surface area contributed by atoms with Crippen LogP contribution in [0.15, 0.2) is 65.6 Å². The third-order valence-electron chi connectivity index (χ3n) is 6.14. The molecule has 1 aromatic rings. The van der Waals surface area contributed by atoms with Crippen molar-refractivity contribution in [1.82, 2.24) is 9.80 Å². The zero-order valence-corrected chi connectivity index (χ0v) is 16.0. The summed E-state index contributed by atoms with van der Waals surface area (Å²) in [7, 11) is 0. The number of rotatable bonds is 5. The van der Waals surface area contributed by atoms with E-state index in [1.165, 1.54) is 18.4 Å². The van der Waals surface area contributed by atoms with Gasteiger partial charge in [-0.1, -0.05) is 48.5 Å². The number of allylic oxidation sites excluding steroid dienone is 2. The molecule has 0 aromatic heterocycles. The molecule has 0 spiro atoms. The molecule has 3 aliphatic rings. The summed E-state index contributed by atoms with van der Waals surface area (Å²) < 4.78 is 0. The number of halogens is 1. The van der Waals surface area contributed by atoms with Crippen LogP contribution in [-0.2, 0) is 5.41 Å².